The summed E-state index contributed by atoms with van der Waals surface area (Å²) in [6.07, 6.45) is 1.99. The van der Waals surface area contributed by atoms with E-state index in [-0.39, 0.29) is 24.4 Å². The van der Waals surface area contributed by atoms with E-state index < -0.39 is 0 Å². The SMILES string of the molecule is CC(=O)N[C@H]1CCc2cc(N)ccc21.Cl. The third-order valence-corrected chi connectivity index (χ3v) is 2.62. The number of aryl methyl sites for hydroxylation is 1. The molecule has 1 amide bonds. The van der Waals surface area contributed by atoms with Gasteiger partial charge < -0.3 is 11.1 Å². The Bertz CT molecular complexity index is 379. The zero-order valence-electron chi connectivity index (χ0n) is 8.62. The van der Waals surface area contributed by atoms with Crippen LogP contribution >= 0.6 is 12.4 Å². The molecule has 0 aromatic heterocycles. The van der Waals surface area contributed by atoms with E-state index in [1.807, 2.05) is 18.2 Å². The molecule has 2 rings (SSSR count). The van der Waals surface area contributed by atoms with Gasteiger partial charge in [0.15, 0.2) is 0 Å². The molecule has 1 aromatic carbocycles. The predicted molar refractivity (Wildman–Crippen MR) is 63.0 cm³/mol. The molecule has 1 atom stereocenters. The maximum atomic E-state index is 10.9. The number of hydrogen-bond acceptors (Lipinski definition) is 2. The highest BCUT2D eigenvalue weighted by molar-refractivity contribution is 5.85. The normalized spacial score (nSPS) is 17.8. The molecular weight excluding hydrogens is 212 g/mol. The summed E-state index contributed by atoms with van der Waals surface area (Å²) in [7, 11) is 0. The van der Waals surface area contributed by atoms with Crippen LogP contribution < -0.4 is 11.1 Å². The van der Waals surface area contributed by atoms with Crippen molar-refractivity contribution >= 4 is 24.0 Å². The number of carbonyl (C=O) groups excluding carboxylic acids is 1. The second-order valence-electron chi connectivity index (χ2n) is 3.75. The third-order valence-electron chi connectivity index (χ3n) is 2.62. The Hall–Kier alpha value is -1.22. The van der Waals surface area contributed by atoms with Gasteiger partial charge >= 0.3 is 0 Å². The number of halogens is 1. The van der Waals surface area contributed by atoms with E-state index in [4.69, 9.17) is 5.73 Å². The molecule has 1 aliphatic rings. The Morgan fingerprint density at radius 2 is 2.27 bits per heavy atom. The molecule has 0 saturated carbocycles. The van der Waals surface area contributed by atoms with Crippen LogP contribution in [0.1, 0.15) is 30.5 Å². The summed E-state index contributed by atoms with van der Waals surface area (Å²) in [4.78, 5) is 10.9. The van der Waals surface area contributed by atoms with E-state index in [1.54, 1.807) is 6.92 Å². The van der Waals surface area contributed by atoms with Gasteiger partial charge in [0.2, 0.25) is 5.91 Å². The van der Waals surface area contributed by atoms with E-state index in [0.29, 0.717) is 0 Å². The van der Waals surface area contributed by atoms with Crippen molar-refractivity contribution in [3.63, 3.8) is 0 Å². The molecule has 1 aromatic rings. The predicted octanol–water partition coefficient (Wildman–Crippen LogP) is 1.81. The molecule has 0 aliphatic heterocycles. The molecule has 15 heavy (non-hydrogen) atoms. The summed E-state index contributed by atoms with van der Waals surface area (Å²) in [6, 6.07) is 6.08. The van der Waals surface area contributed by atoms with Crippen molar-refractivity contribution in [3.8, 4) is 0 Å². The zero-order valence-corrected chi connectivity index (χ0v) is 9.43. The van der Waals surface area contributed by atoms with E-state index in [2.05, 4.69) is 5.32 Å². The van der Waals surface area contributed by atoms with Gasteiger partial charge in [-0.3, -0.25) is 4.79 Å². The van der Waals surface area contributed by atoms with Gasteiger partial charge in [0.25, 0.3) is 0 Å². The molecule has 4 heteroatoms. The Morgan fingerprint density at radius 3 is 2.93 bits per heavy atom. The Balaban J connectivity index is 0.00000112. The minimum atomic E-state index is 0. The first kappa shape index (κ1) is 11.9. The minimum absolute atomic E-state index is 0. The highest BCUT2D eigenvalue weighted by atomic mass is 35.5. The van der Waals surface area contributed by atoms with Gasteiger partial charge in [0.1, 0.15) is 0 Å². The van der Waals surface area contributed by atoms with Crippen molar-refractivity contribution in [2.24, 2.45) is 0 Å². The monoisotopic (exact) mass is 226 g/mol. The van der Waals surface area contributed by atoms with Crippen LogP contribution in [0.25, 0.3) is 0 Å². The van der Waals surface area contributed by atoms with Gasteiger partial charge in [-0.05, 0) is 36.1 Å². The van der Waals surface area contributed by atoms with E-state index in [1.165, 1.54) is 11.1 Å². The fourth-order valence-corrected chi connectivity index (χ4v) is 2.03. The molecule has 0 spiro atoms. The van der Waals surface area contributed by atoms with Crippen LogP contribution in [0.2, 0.25) is 0 Å². The molecule has 1 aliphatic carbocycles. The Morgan fingerprint density at radius 1 is 1.53 bits per heavy atom. The lowest BCUT2D eigenvalue weighted by molar-refractivity contribution is -0.119. The molecule has 0 heterocycles. The molecule has 0 fully saturated rings. The molecule has 0 saturated heterocycles. The highest BCUT2D eigenvalue weighted by Gasteiger charge is 2.22. The minimum Gasteiger partial charge on any atom is -0.399 e. The van der Waals surface area contributed by atoms with Crippen LogP contribution in [-0.2, 0) is 11.2 Å². The van der Waals surface area contributed by atoms with E-state index >= 15 is 0 Å². The second kappa shape index (κ2) is 4.53. The van der Waals surface area contributed by atoms with Gasteiger partial charge in [0.05, 0.1) is 6.04 Å². The van der Waals surface area contributed by atoms with Gasteiger partial charge in [-0.25, -0.2) is 0 Å². The lowest BCUT2D eigenvalue weighted by atomic mass is 10.1. The van der Waals surface area contributed by atoms with Crippen molar-refractivity contribution in [1.82, 2.24) is 5.32 Å². The number of benzene rings is 1. The molecule has 3 N–H and O–H groups in total. The Labute approximate surface area is 95.5 Å². The van der Waals surface area contributed by atoms with Crippen LogP contribution in [-0.4, -0.2) is 5.91 Å². The second-order valence-corrected chi connectivity index (χ2v) is 3.75. The molecule has 3 nitrogen and oxygen atoms in total. The molecular formula is C11H15ClN2O. The first-order chi connectivity index (χ1) is 6.66. The number of hydrogen-bond donors (Lipinski definition) is 2. The fraction of sp³-hybridized carbons (Fsp3) is 0.364. The highest BCUT2D eigenvalue weighted by Crippen LogP contribution is 2.32. The number of anilines is 1. The maximum absolute atomic E-state index is 10.9. The van der Waals surface area contributed by atoms with Gasteiger partial charge in [-0.1, -0.05) is 6.07 Å². The van der Waals surface area contributed by atoms with Crippen molar-refractivity contribution in [2.45, 2.75) is 25.8 Å². The molecule has 0 unspecified atom stereocenters. The van der Waals surface area contributed by atoms with Crippen LogP contribution in [0.15, 0.2) is 18.2 Å². The first-order valence-corrected chi connectivity index (χ1v) is 4.82. The average Bonchev–Trinajstić information content (AvgIpc) is 2.47. The summed E-state index contributed by atoms with van der Waals surface area (Å²) in [6.45, 7) is 1.55. The van der Waals surface area contributed by atoms with Gasteiger partial charge in [-0.15, -0.1) is 12.4 Å². The number of amides is 1. The smallest absolute Gasteiger partial charge is 0.217 e. The van der Waals surface area contributed by atoms with Gasteiger partial charge in [-0.2, -0.15) is 0 Å². The lowest BCUT2D eigenvalue weighted by Crippen LogP contribution is -2.24. The largest absolute Gasteiger partial charge is 0.399 e. The van der Waals surface area contributed by atoms with Crippen molar-refractivity contribution in [3.05, 3.63) is 29.3 Å². The lowest BCUT2D eigenvalue weighted by Gasteiger charge is -2.12. The Kier molecular flexibility index (Phi) is 3.58. The summed E-state index contributed by atoms with van der Waals surface area (Å²) in [5.74, 6) is 0.0275. The van der Waals surface area contributed by atoms with Crippen molar-refractivity contribution < 1.29 is 4.79 Å². The van der Waals surface area contributed by atoms with Crippen molar-refractivity contribution in [1.29, 1.82) is 0 Å². The van der Waals surface area contributed by atoms with Crippen LogP contribution in [0, 0.1) is 0 Å². The number of nitrogens with two attached hydrogens (primary N) is 1. The third kappa shape index (κ3) is 2.42. The zero-order chi connectivity index (χ0) is 10.1. The summed E-state index contributed by atoms with van der Waals surface area (Å²) in [5, 5.41) is 2.94. The summed E-state index contributed by atoms with van der Waals surface area (Å²) in [5.41, 5.74) is 8.97. The number of nitrogens with one attached hydrogen (secondary N) is 1. The quantitative estimate of drug-likeness (QED) is 0.718. The molecule has 0 radical (unpaired) electrons. The van der Waals surface area contributed by atoms with E-state index in [9.17, 15) is 4.79 Å². The topological polar surface area (TPSA) is 55.1 Å². The number of carbonyl (C=O) groups is 1. The van der Waals surface area contributed by atoms with E-state index in [0.717, 1.165) is 18.5 Å². The maximum Gasteiger partial charge on any atom is 0.217 e. The molecule has 0 bridgehead atoms. The summed E-state index contributed by atoms with van der Waals surface area (Å²) >= 11 is 0. The van der Waals surface area contributed by atoms with Crippen LogP contribution in [0.3, 0.4) is 0 Å². The summed E-state index contributed by atoms with van der Waals surface area (Å²) < 4.78 is 0. The number of fused-ring (bicyclic) bond motifs is 1. The van der Waals surface area contributed by atoms with Crippen LogP contribution in [0.4, 0.5) is 5.69 Å². The van der Waals surface area contributed by atoms with Gasteiger partial charge in [0, 0.05) is 12.6 Å². The fourth-order valence-electron chi connectivity index (χ4n) is 2.03. The molecule has 82 valence electrons. The number of rotatable bonds is 1. The van der Waals surface area contributed by atoms with Crippen LogP contribution in [0.5, 0.6) is 0 Å². The first-order valence-electron chi connectivity index (χ1n) is 4.82. The number of nitrogen functional groups attached to an aromatic ring is 1. The standard InChI is InChI=1S/C11H14N2O.ClH/c1-7(14)13-11-5-2-8-6-9(12)3-4-10(8)11;/h3-4,6,11H,2,5,12H2,1H3,(H,13,14);1H/t11-;/m0./s1. The van der Waals surface area contributed by atoms with Crippen molar-refractivity contribution in [2.75, 3.05) is 5.73 Å². The average molecular weight is 227 g/mol.